The van der Waals surface area contributed by atoms with Gasteiger partial charge in [-0.15, -0.1) is 0 Å². The van der Waals surface area contributed by atoms with Crippen LogP contribution in [0.15, 0.2) is 18.2 Å². The number of hydrogen-bond acceptors (Lipinski definition) is 4. The van der Waals surface area contributed by atoms with Crippen molar-refractivity contribution in [1.82, 2.24) is 0 Å². The molecule has 0 spiro atoms. The SMILES string of the molecule is CCCOc1cc(NCCC2CCCC2)ccc1[N+](=O)[O-]. The summed E-state index contributed by atoms with van der Waals surface area (Å²) < 4.78 is 5.49. The Morgan fingerprint density at radius 1 is 1.38 bits per heavy atom. The zero-order valence-electron chi connectivity index (χ0n) is 12.6. The van der Waals surface area contributed by atoms with Crippen LogP contribution in [0.2, 0.25) is 0 Å². The maximum Gasteiger partial charge on any atom is 0.311 e. The summed E-state index contributed by atoms with van der Waals surface area (Å²) in [4.78, 5) is 10.6. The summed E-state index contributed by atoms with van der Waals surface area (Å²) in [5.41, 5.74) is 0.925. The number of nitrogens with one attached hydrogen (secondary N) is 1. The van der Waals surface area contributed by atoms with Crippen LogP contribution in [0.3, 0.4) is 0 Å². The largest absolute Gasteiger partial charge is 0.487 e. The number of nitro benzene ring substituents is 1. The molecule has 0 atom stereocenters. The van der Waals surface area contributed by atoms with Crippen LogP contribution >= 0.6 is 0 Å². The first-order valence-corrected chi connectivity index (χ1v) is 7.85. The molecule has 0 unspecified atom stereocenters. The van der Waals surface area contributed by atoms with Crippen molar-refractivity contribution < 1.29 is 9.66 Å². The second-order valence-electron chi connectivity index (χ2n) is 5.65. The molecule has 5 nitrogen and oxygen atoms in total. The van der Waals surface area contributed by atoms with Crippen LogP contribution in [0.5, 0.6) is 5.75 Å². The van der Waals surface area contributed by atoms with E-state index >= 15 is 0 Å². The Morgan fingerprint density at radius 3 is 2.81 bits per heavy atom. The molecule has 0 bridgehead atoms. The predicted octanol–water partition coefficient (Wildman–Crippen LogP) is 4.38. The van der Waals surface area contributed by atoms with Crippen molar-refractivity contribution >= 4 is 11.4 Å². The molecule has 21 heavy (non-hydrogen) atoms. The topological polar surface area (TPSA) is 64.4 Å². The van der Waals surface area contributed by atoms with Gasteiger partial charge in [0.05, 0.1) is 11.5 Å². The number of nitrogens with zero attached hydrogens (tertiary/aromatic N) is 1. The highest BCUT2D eigenvalue weighted by Gasteiger charge is 2.16. The number of hydrogen-bond donors (Lipinski definition) is 1. The molecule has 0 amide bonds. The normalized spacial score (nSPS) is 15.1. The first-order chi connectivity index (χ1) is 10.2. The number of anilines is 1. The van der Waals surface area contributed by atoms with E-state index in [-0.39, 0.29) is 5.69 Å². The van der Waals surface area contributed by atoms with Gasteiger partial charge in [0.2, 0.25) is 0 Å². The maximum atomic E-state index is 11.0. The van der Waals surface area contributed by atoms with E-state index in [0.717, 1.165) is 24.6 Å². The van der Waals surface area contributed by atoms with Crippen molar-refractivity contribution in [3.8, 4) is 5.75 Å². The summed E-state index contributed by atoms with van der Waals surface area (Å²) in [5, 5.41) is 14.3. The fourth-order valence-electron chi connectivity index (χ4n) is 2.82. The number of nitro groups is 1. The van der Waals surface area contributed by atoms with Gasteiger partial charge in [0.15, 0.2) is 5.75 Å². The molecule has 2 rings (SSSR count). The van der Waals surface area contributed by atoms with E-state index in [9.17, 15) is 10.1 Å². The molecule has 0 aliphatic heterocycles. The third-order valence-corrected chi connectivity index (χ3v) is 3.97. The van der Waals surface area contributed by atoms with Crippen LogP contribution in [-0.2, 0) is 0 Å². The van der Waals surface area contributed by atoms with E-state index < -0.39 is 4.92 Å². The molecule has 1 saturated carbocycles. The fourth-order valence-corrected chi connectivity index (χ4v) is 2.82. The highest BCUT2D eigenvalue weighted by Crippen LogP contribution is 2.31. The van der Waals surface area contributed by atoms with Crippen LogP contribution in [0.1, 0.15) is 45.4 Å². The Balaban J connectivity index is 1.93. The Bertz CT molecular complexity index is 471. The molecule has 1 aliphatic carbocycles. The van der Waals surface area contributed by atoms with Gasteiger partial charge in [0.25, 0.3) is 0 Å². The maximum absolute atomic E-state index is 11.0. The van der Waals surface area contributed by atoms with Gasteiger partial charge in [-0.2, -0.15) is 0 Å². The second kappa shape index (κ2) is 7.86. The first-order valence-electron chi connectivity index (χ1n) is 7.85. The minimum absolute atomic E-state index is 0.0322. The van der Waals surface area contributed by atoms with Crippen LogP contribution < -0.4 is 10.1 Å². The monoisotopic (exact) mass is 292 g/mol. The Morgan fingerprint density at radius 2 is 2.14 bits per heavy atom. The molecule has 0 heterocycles. The lowest BCUT2D eigenvalue weighted by molar-refractivity contribution is -0.385. The zero-order chi connectivity index (χ0) is 15.1. The van der Waals surface area contributed by atoms with Gasteiger partial charge in [-0.25, -0.2) is 0 Å². The molecule has 1 aliphatic rings. The van der Waals surface area contributed by atoms with Crippen LogP contribution in [0, 0.1) is 16.0 Å². The second-order valence-corrected chi connectivity index (χ2v) is 5.65. The van der Waals surface area contributed by atoms with Crippen molar-refractivity contribution in [2.45, 2.75) is 45.4 Å². The van der Waals surface area contributed by atoms with E-state index in [1.54, 1.807) is 12.1 Å². The number of rotatable bonds is 8. The highest BCUT2D eigenvalue weighted by molar-refractivity contribution is 5.58. The van der Waals surface area contributed by atoms with Gasteiger partial charge in [-0.1, -0.05) is 32.6 Å². The average Bonchev–Trinajstić information content (AvgIpc) is 2.98. The van der Waals surface area contributed by atoms with Gasteiger partial charge in [-0.3, -0.25) is 10.1 Å². The Hall–Kier alpha value is -1.78. The van der Waals surface area contributed by atoms with Crippen molar-refractivity contribution in [2.24, 2.45) is 5.92 Å². The molecule has 1 fully saturated rings. The van der Waals surface area contributed by atoms with E-state index in [0.29, 0.717) is 12.4 Å². The third-order valence-electron chi connectivity index (χ3n) is 3.97. The Labute approximate surface area is 125 Å². The molecule has 1 aromatic rings. The van der Waals surface area contributed by atoms with Gasteiger partial charge >= 0.3 is 5.69 Å². The smallest absolute Gasteiger partial charge is 0.311 e. The van der Waals surface area contributed by atoms with Crippen molar-refractivity contribution in [1.29, 1.82) is 0 Å². The van der Waals surface area contributed by atoms with E-state index in [4.69, 9.17) is 4.74 Å². The average molecular weight is 292 g/mol. The van der Waals surface area contributed by atoms with Gasteiger partial charge < -0.3 is 10.1 Å². The fraction of sp³-hybridized carbons (Fsp3) is 0.625. The summed E-state index contributed by atoms with van der Waals surface area (Å²) in [7, 11) is 0. The van der Waals surface area contributed by atoms with Gasteiger partial charge in [-0.05, 0) is 24.8 Å². The highest BCUT2D eigenvalue weighted by atomic mass is 16.6. The molecule has 1 N–H and O–H groups in total. The minimum Gasteiger partial charge on any atom is -0.487 e. The Kier molecular flexibility index (Phi) is 5.84. The molecular formula is C16H24N2O3. The quantitative estimate of drug-likeness (QED) is 0.570. The lowest BCUT2D eigenvalue weighted by atomic mass is 10.0. The third kappa shape index (κ3) is 4.62. The lowest BCUT2D eigenvalue weighted by Crippen LogP contribution is -2.07. The number of ether oxygens (including phenoxy) is 1. The summed E-state index contributed by atoms with van der Waals surface area (Å²) in [6.45, 7) is 3.39. The molecule has 5 heteroatoms. The van der Waals surface area contributed by atoms with E-state index in [1.165, 1.54) is 38.2 Å². The summed E-state index contributed by atoms with van der Waals surface area (Å²) in [6.07, 6.45) is 7.40. The first kappa shape index (κ1) is 15.6. The van der Waals surface area contributed by atoms with Crippen molar-refractivity contribution in [3.63, 3.8) is 0 Å². The molecule has 0 aromatic heterocycles. The van der Waals surface area contributed by atoms with E-state index in [2.05, 4.69) is 5.32 Å². The molecular weight excluding hydrogens is 268 g/mol. The van der Waals surface area contributed by atoms with Crippen molar-refractivity contribution in [3.05, 3.63) is 28.3 Å². The summed E-state index contributed by atoms with van der Waals surface area (Å²) >= 11 is 0. The standard InChI is InChI=1S/C16H24N2O3/c1-2-11-21-16-12-14(7-8-15(16)18(19)20)17-10-9-13-5-3-4-6-13/h7-8,12-13,17H,2-6,9-11H2,1H3. The predicted molar refractivity (Wildman–Crippen MR) is 83.9 cm³/mol. The molecule has 116 valence electrons. The lowest BCUT2D eigenvalue weighted by Gasteiger charge is -2.12. The van der Waals surface area contributed by atoms with Crippen molar-refractivity contribution in [2.75, 3.05) is 18.5 Å². The van der Waals surface area contributed by atoms with Gasteiger partial charge in [0.1, 0.15) is 0 Å². The summed E-state index contributed by atoms with van der Waals surface area (Å²) in [6, 6.07) is 5.01. The van der Waals surface area contributed by atoms with Crippen LogP contribution in [-0.4, -0.2) is 18.1 Å². The molecule has 0 radical (unpaired) electrons. The molecule has 1 aromatic carbocycles. The minimum atomic E-state index is -0.396. The van der Waals surface area contributed by atoms with Crippen LogP contribution in [0.4, 0.5) is 11.4 Å². The van der Waals surface area contributed by atoms with Crippen LogP contribution in [0.25, 0.3) is 0 Å². The number of benzene rings is 1. The summed E-state index contributed by atoms with van der Waals surface area (Å²) in [5.74, 6) is 1.19. The molecule has 0 saturated heterocycles. The van der Waals surface area contributed by atoms with E-state index in [1.807, 2.05) is 6.92 Å². The zero-order valence-corrected chi connectivity index (χ0v) is 12.6. The van der Waals surface area contributed by atoms with Gasteiger partial charge in [0, 0.05) is 24.4 Å².